The highest BCUT2D eigenvalue weighted by Crippen LogP contribution is 2.29. The summed E-state index contributed by atoms with van der Waals surface area (Å²) in [4.78, 5) is 28.9. The number of phenolic OH excluding ortho intramolecular Hbond substituents is 1. The number of amides is 2. The van der Waals surface area contributed by atoms with Gasteiger partial charge in [-0.05, 0) is 33.8 Å². The molecule has 1 aromatic rings. The molecule has 0 unspecified atom stereocenters. The third-order valence-electron chi connectivity index (χ3n) is 3.89. The van der Waals surface area contributed by atoms with Crippen LogP contribution in [0.5, 0.6) is 5.75 Å². The monoisotopic (exact) mass is 306 g/mol. The van der Waals surface area contributed by atoms with Crippen molar-refractivity contribution < 1.29 is 14.7 Å². The molecular formula is C17H26N2O3. The van der Waals surface area contributed by atoms with Crippen LogP contribution in [0, 0.1) is 0 Å². The molecule has 2 amide bonds. The van der Waals surface area contributed by atoms with E-state index in [9.17, 15) is 14.7 Å². The highest BCUT2D eigenvalue weighted by atomic mass is 16.3. The minimum atomic E-state index is -0.985. The van der Waals surface area contributed by atoms with E-state index in [0.717, 1.165) is 0 Å². The van der Waals surface area contributed by atoms with Crippen molar-refractivity contribution >= 4 is 11.8 Å². The second-order valence-corrected chi connectivity index (χ2v) is 5.01. The van der Waals surface area contributed by atoms with Gasteiger partial charge in [0.25, 0.3) is 0 Å². The fraction of sp³-hybridized carbons (Fsp3) is 0.529. The molecule has 122 valence electrons. The Morgan fingerprint density at radius 1 is 0.909 bits per heavy atom. The molecule has 0 heterocycles. The molecule has 1 aromatic carbocycles. The first kappa shape index (κ1) is 18.0. The largest absolute Gasteiger partial charge is 0.508 e. The van der Waals surface area contributed by atoms with E-state index in [0.29, 0.717) is 31.7 Å². The van der Waals surface area contributed by atoms with Crippen LogP contribution in [0.15, 0.2) is 24.3 Å². The van der Waals surface area contributed by atoms with Gasteiger partial charge in [0.05, 0.1) is 0 Å². The van der Waals surface area contributed by atoms with E-state index in [4.69, 9.17) is 0 Å². The van der Waals surface area contributed by atoms with E-state index in [1.165, 1.54) is 6.07 Å². The molecule has 0 aliphatic rings. The molecule has 0 aromatic heterocycles. The Labute approximate surface area is 132 Å². The fourth-order valence-electron chi connectivity index (χ4n) is 2.54. The zero-order chi connectivity index (χ0) is 16.7. The molecule has 0 atom stereocenters. The molecule has 0 fully saturated rings. The van der Waals surface area contributed by atoms with Gasteiger partial charge in [0.1, 0.15) is 11.7 Å². The fourth-order valence-corrected chi connectivity index (χ4v) is 2.54. The van der Waals surface area contributed by atoms with Crippen molar-refractivity contribution in [3.05, 3.63) is 29.8 Å². The molecule has 5 nitrogen and oxygen atoms in total. The summed E-state index contributed by atoms with van der Waals surface area (Å²) in [5, 5.41) is 10.1. The standard InChI is InChI=1S/C17H26N2O3/c1-5-18(6-2)16(21)15(17(22)19(7-3)8-4)13-11-9-10-12-14(13)20/h9-12,15,20H,5-8H2,1-4H3. The molecule has 0 saturated carbocycles. The number of hydrogen-bond acceptors (Lipinski definition) is 3. The van der Waals surface area contributed by atoms with E-state index >= 15 is 0 Å². The number of nitrogens with zero attached hydrogens (tertiary/aromatic N) is 2. The molecule has 0 aliphatic heterocycles. The van der Waals surface area contributed by atoms with Gasteiger partial charge in [-0.2, -0.15) is 0 Å². The molecular weight excluding hydrogens is 280 g/mol. The Kier molecular flexibility index (Phi) is 6.89. The third kappa shape index (κ3) is 3.78. The van der Waals surface area contributed by atoms with Gasteiger partial charge in [-0.15, -0.1) is 0 Å². The minimum absolute atomic E-state index is 0.0199. The Morgan fingerprint density at radius 2 is 1.32 bits per heavy atom. The third-order valence-corrected chi connectivity index (χ3v) is 3.89. The lowest BCUT2D eigenvalue weighted by atomic mass is 9.94. The van der Waals surface area contributed by atoms with E-state index in [1.54, 1.807) is 28.0 Å². The average Bonchev–Trinajstić information content (AvgIpc) is 2.52. The van der Waals surface area contributed by atoms with Gasteiger partial charge in [0.15, 0.2) is 0 Å². The molecule has 1 rings (SSSR count). The molecule has 22 heavy (non-hydrogen) atoms. The maximum Gasteiger partial charge on any atom is 0.239 e. The van der Waals surface area contributed by atoms with Crippen LogP contribution >= 0.6 is 0 Å². The number of hydrogen-bond donors (Lipinski definition) is 1. The lowest BCUT2D eigenvalue weighted by molar-refractivity contribution is -0.142. The van der Waals surface area contributed by atoms with Gasteiger partial charge >= 0.3 is 0 Å². The SMILES string of the molecule is CCN(CC)C(=O)C(C(=O)N(CC)CC)c1ccccc1O. The number of para-hydroxylation sites is 1. The van der Waals surface area contributed by atoms with Crippen molar-refractivity contribution in [2.45, 2.75) is 33.6 Å². The summed E-state index contributed by atoms with van der Waals surface area (Å²) in [5.41, 5.74) is 0.372. The summed E-state index contributed by atoms with van der Waals surface area (Å²) in [6.45, 7) is 9.65. The highest BCUT2D eigenvalue weighted by Gasteiger charge is 2.35. The lowest BCUT2D eigenvalue weighted by Gasteiger charge is -2.29. The summed E-state index contributed by atoms with van der Waals surface area (Å²) in [6, 6.07) is 6.56. The maximum absolute atomic E-state index is 12.8. The smallest absolute Gasteiger partial charge is 0.239 e. The van der Waals surface area contributed by atoms with Crippen molar-refractivity contribution in [3.63, 3.8) is 0 Å². The quantitative estimate of drug-likeness (QED) is 0.786. The maximum atomic E-state index is 12.8. The minimum Gasteiger partial charge on any atom is -0.508 e. The number of phenols is 1. The van der Waals surface area contributed by atoms with Crippen molar-refractivity contribution in [3.8, 4) is 5.75 Å². The van der Waals surface area contributed by atoms with Crippen LogP contribution in [-0.2, 0) is 9.59 Å². The van der Waals surface area contributed by atoms with Gasteiger partial charge in [-0.1, -0.05) is 18.2 Å². The second kappa shape index (κ2) is 8.41. The first-order chi connectivity index (χ1) is 10.5. The van der Waals surface area contributed by atoms with Crippen molar-refractivity contribution in [1.29, 1.82) is 0 Å². The van der Waals surface area contributed by atoms with Crippen LogP contribution in [0.4, 0.5) is 0 Å². The van der Waals surface area contributed by atoms with E-state index < -0.39 is 5.92 Å². The predicted octanol–water partition coefficient (Wildman–Crippen LogP) is 2.21. The number of rotatable bonds is 7. The molecule has 0 bridgehead atoms. The molecule has 5 heteroatoms. The second-order valence-electron chi connectivity index (χ2n) is 5.01. The summed E-state index contributed by atoms with van der Waals surface area (Å²) in [5.74, 6) is -1.53. The van der Waals surface area contributed by atoms with E-state index in [1.807, 2.05) is 27.7 Å². The van der Waals surface area contributed by atoms with Crippen LogP contribution in [0.2, 0.25) is 0 Å². The normalized spacial score (nSPS) is 10.6. The zero-order valence-corrected chi connectivity index (χ0v) is 13.9. The number of benzene rings is 1. The first-order valence-electron chi connectivity index (χ1n) is 7.87. The number of carbonyl (C=O) groups is 2. The van der Waals surface area contributed by atoms with Crippen LogP contribution < -0.4 is 0 Å². The van der Waals surface area contributed by atoms with Gasteiger partial charge < -0.3 is 14.9 Å². The number of carbonyl (C=O) groups excluding carboxylic acids is 2. The summed E-state index contributed by atoms with van der Waals surface area (Å²) < 4.78 is 0. The van der Waals surface area contributed by atoms with Crippen molar-refractivity contribution in [1.82, 2.24) is 9.80 Å². The Morgan fingerprint density at radius 3 is 1.68 bits per heavy atom. The Bertz CT molecular complexity index is 484. The van der Waals surface area contributed by atoms with Crippen LogP contribution in [-0.4, -0.2) is 52.9 Å². The molecule has 0 aliphatic carbocycles. The van der Waals surface area contributed by atoms with Gasteiger partial charge in [0.2, 0.25) is 11.8 Å². The first-order valence-corrected chi connectivity index (χ1v) is 7.87. The lowest BCUT2D eigenvalue weighted by Crippen LogP contribution is -2.44. The number of likely N-dealkylation sites (N-methyl/N-ethyl adjacent to an activating group) is 2. The van der Waals surface area contributed by atoms with Crippen LogP contribution in [0.1, 0.15) is 39.2 Å². The van der Waals surface area contributed by atoms with Gasteiger partial charge in [-0.25, -0.2) is 0 Å². The van der Waals surface area contributed by atoms with Crippen molar-refractivity contribution in [2.24, 2.45) is 0 Å². The summed E-state index contributed by atoms with van der Waals surface area (Å²) >= 11 is 0. The molecule has 0 saturated heterocycles. The Balaban J connectivity index is 3.30. The topological polar surface area (TPSA) is 60.9 Å². The summed E-state index contributed by atoms with van der Waals surface area (Å²) in [7, 11) is 0. The van der Waals surface area contributed by atoms with Gasteiger partial charge in [-0.3, -0.25) is 9.59 Å². The van der Waals surface area contributed by atoms with Crippen LogP contribution in [0.25, 0.3) is 0 Å². The molecule has 0 radical (unpaired) electrons. The van der Waals surface area contributed by atoms with Crippen LogP contribution in [0.3, 0.4) is 0 Å². The summed E-state index contributed by atoms with van der Waals surface area (Å²) in [6.07, 6.45) is 0. The van der Waals surface area contributed by atoms with E-state index in [-0.39, 0.29) is 17.6 Å². The van der Waals surface area contributed by atoms with Crippen molar-refractivity contribution in [2.75, 3.05) is 26.2 Å². The highest BCUT2D eigenvalue weighted by molar-refractivity contribution is 6.06. The molecule has 0 spiro atoms. The Hall–Kier alpha value is -2.04. The van der Waals surface area contributed by atoms with Gasteiger partial charge in [0, 0.05) is 31.7 Å². The average molecular weight is 306 g/mol. The van der Waals surface area contributed by atoms with E-state index in [2.05, 4.69) is 0 Å². The number of aromatic hydroxyl groups is 1. The predicted molar refractivity (Wildman–Crippen MR) is 86.7 cm³/mol. The molecule has 1 N–H and O–H groups in total. The zero-order valence-electron chi connectivity index (χ0n) is 13.9.